The molecule has 0 saturated carbocycles. The monoisotopic (exact) mass is 242 g/mol. The van der Waals surface area contributed by atoms with Crippen LogP contribution in [-0.2, 0) is 6.54 Å². The van der Waals surface area contributed by atoms with E-state index in [0.29, 0.717) is 12.1 Å². The van der Waals surface area contributed by atoms with Crippen LogP contribution in [0.25, 0.3) is 12.2 Å². The van der Waals surface area contributed by atoms with Gasteiger partial charge < -0.3 is 16.5 Å². The number of H-pyrrole nitrogens is 1. The second kappa shape index (κ2) is 5.29. The normalized spacial score (nSPS) is 10.9. The second-order valence-electron chi connectivity index (χ2n) is 3.83. The van der Waals surface area contributed by atoms with Gasteiger partial charge in [-0.3, -0.25) is 0 Å². The third-order valence-corrected chi connectivity index (χ3v) is 2.54. The number of anilines is 1. The Morgan fingerprint density at radius 2 is 1.94 bits per heavy atom. The summed E-state index contributed by atoms with van der Waals surface area (Å²) in [6, 6.07) is 7.87. The lowest BCUT2D eigenvalue weighted by Crippen LogP contribution is -2.12. The third kappa shape index (κ3) is 2.83. The Hall–Kier alpha value is -2.40. The summed E-state index contributed by atoms with van der Waals surface area (Å²) < 4.78 is 0. The molecule has 0 radical (unpaired) electrons. The lowest BCUT2D eigenvalue weighted by atomic mass is 10.1. The molecule has 0 fully saturated rings. The highest BCUT2D eigenvalue weighted by Crippen LogP contribution is 2.11. The molecule has 0 aliphatic carbocycles. The zero-order chi connectivity index (χ0) is 13.0. The minimum atomic E-state index is -0.447. The number of nitrogens with two attached hydrogens (primary N) is 2. The van der Waals surface area contributed by atoms with E-state index in [9.17, 15) is 4.79 Å². The molecule has 1 aromatic carbocycles. The molecule has 2 rings (SSSR count). The zero-order valence-corrected chi connectivity index (χ0v) is 9.76. The van der Waals surface area contributed by atoms with E-state index in [0.717, 1.165) is 11.1 Å². The molecule has 5 heteroatoms. The number of nitrogens with zero attached hydrogens (tertiary/aromatic N) is 1. The first-order chi connectivity index (χ1) is 8.69. The molecular weight excluding hydrogens is 228 g/mol. The average molecular weight is 242 g/mol. The molecule has 0 saturated heterocycles. The summed E-state index contributed by atoms with van der Waals surface area (Å²) in [6.07, 6.45) is 5.23. The van der Waals surface area contributed by atoms with Gasteiger partial charge in [-0.1, -0.05) is 30.3 Å². The number of aromatic nitrogens is 2. The van der Waals surface area contributed by atoms with Gasteiger partial charge in [0.05, 0.1) is 0 Å². The first-order valence-electron chi connectivity index (χ1n) is 5.51. The van der Waals surface area contributed by atoms with Gasteiger partial charge in [0, 0.05) is 18.3 Å². The Morgan fingerprint density at radius 1 is 1.22 bits per heavy atom. The Balaban J connectivity index is 2.21. The van der Waals surface area contributed by atoms with Gasteiger partial charge in [0.15, 0.2) is 0 Å². The Bertz CT molecular complexity index is 614. The van der Waals surface area contributed by atoms with Crippen LogP contribution in [0.3, 0.4) is 0 Å². The zero-order valence-electron chi connectivity index (χ0n) is 9.76. The van der Waals surface area contributed by atoms with E-state index in [1.165, 1.54) is 6.20 Å². The van der Waals surface area contributed by atoms with Crippen molar-refractivity contribution in [2.75, 3.05) is 5.73 Å². The van der Waals surface area contributed by atoms with Gasteiger partial charge in [-0.2, -0.15) is 4.98 Å². The van der Waals surface area contributed by atoms with Crippen LogP contribution in [0.2, 0.25) is 0 Å². The fraction of sp³-hybridized carbons (Fsp3) is 0.0769. The maximum Gasteiger partial charge on any atom is 0.346 e. The van der Waals surface area contributed by atoms with Crippen molar-refractivity contribution in [3.05, 3.63) is 57.6 Å². The van der Waals surface area contributed by atoms with Crippen LogP contribution in [0, 0.1) is 0 Å². The summed E-state index contributed by atoms with van der Waals surface area (Å²) in [5, 5.41) is 0. The molecule has 0 amide bonds. The van der Waals surface area contributed by atoms with Gasteiger partial charge in [0.1, 0.15) is 5.82 Å². The van der Waals surface area contributed by atoms with Crippen LogP contribution >= 0.6 is 0 Å². The molecule has 1 heterocycles. The van der Waals surface area contributed by atoms with Crippen LogP contribution in [0.4, 0.5) is 5.82 Å². The van der Waals surface area contributed by atoms with Crippen molar-refractivity contribution in [1.29, 1.82) is 0 Å². The van der Waals surface area contributed by atoms with E-state index >= 15 is 0 Å². The number of hydrogen-bond acceptors (Lipinski definition) is 4. The second-order valence-corrected chi connectivity index (χ2v) is 3.83. The number of nitrogen functional groups attached to an aromatic ring is 1. The quantitative estimate of drug-likeness (QED) is 0.747. The maximum atomic E-state index is 10.9. The summed E-state index contributed by atoms with van der Waals surface area (Å²) in [6.45, 7) is 0.529. The highest BCUT2D eigenvalue weighted by molar-refractivity contribution is 5.73. The highest BCUT2D eigenvalue weighted by atomic mass is 16.1. The molecule has 0 atom stereocenters. The SMILES string of the molecule is NCc1ccc(C=Cc2c[nH]c(=O)nc2N)cc1. The van der Waals surface area contributed by atoms with Crippen molar-refractivity contribution in [2.45, 2.75) is 6.54 Å². The lowest BCUT2D eigenvalue weighted by molar-refractivity contribution is 1.07. The summed E-state index contributed by atoms with van der Waals surface area (Å²) in [7, 11) is 0. The summed E-state index contributed by atoms with van der Waals surface area (Å²) in [5.74, 6) is 0.216. The molecule has 92 valence electrons. The molecule has 0 aliphatic rings. The van der Waals surface area contributed by atoms with Gasteiger partial charge in [0.2, 0.25) is 0 Å². The third-order valence-electron chi connectivity index (χ3n) is 2.54. The fourth-order valence-corrected chi connectivity index (χ4v) is 1.50. The van der Waals surface area contributed by atoms with Crippen LogP contribution in [0.15, 0.2) is 35.3 Å². The standard InChI is InChI=1S/C13H14N4O/c14-7-10-3-1-9(2-4-10)5-6-11-8-16-13(18)17-12(11)15/h1-6,8H,7,14H2,(H3,15,16,17,18). The van der Waals surface area contributed by atoms with E-state index in [1.807, 2.05) is 30.3 Å². The number of hydrogen-bond donors (Lipinski definition) is 3. The number of rotatable bonds is 3. The fourth-order valence-electron chi connectivity index (χ4n) is 1.50. The van der Waals surface area contributed by atoms with Crippen LogP contribution in [0.1, 0.15) is 16.7 Å². The van der Waals surface area contributed by atoms with Gasteiger partial charge in [-0.25, -0.2) is 4.79 Å². The van der Waals surface area contributed by atoms with E-state index in [-0.39, 0.29) is 5.82 Å². The minimum Gasteiger partial charge on any atom is -0.383 e. The maximum absolute atomic E-state index is 10.9. The number of aromatic amines is 1. The van der Waals surface area contributed by atoms with Crippen molar-refractivity contribution in [2.24, 2.45) is 5.73 Å². The van der Waals surface area contributed by atoms with Crippen LogP contribution in [-0.4, -0.2) is 9.97 Å². The lowest BCUT2D eigenvalue weighted by Gasteiger charge is -1.99. The van der Waals surface area contributed by atoms with Crippen molar-refractivity contribution in [3.8, 4) is 0 Å². The van der Waals surface area contributed by atoms with Gasteiger partial charge in [-0.15, -0.1) is 0 Å². The van der Waals surface area contributed by atoms with Crippen molar-refractivity contribution >= 4 is 18.0 Å². The van der Waals surface area contributed by atoms with Gasteiger partial charge >= 0.3 is 5.69 Å². The van der Waals surface area contributed by atoms with Gasteiger partial charge in [0.25, 0.3) is 0 Å². The number of nitrogens with one attached hydrogen (secondary N) is 1. The van der Waals surface area contributed by atoms with Crippen LogP contribution < -0.4 is 17.2 Å². The highest BCUT2D eigenvalue weighted by Gasteiger charge is 1.97. The smallest absolute Gasteiger partial charge is 0.346 e. The number of benzene rings is 1. The Kier molecular flexibility index (Phi) is 3.54. The molecule has 1 aromatic heterocycles. The molecule has 0 spiro atoms. The predicted molar refractivity (Wildman–Crippen MR) is 72.5 cm³/mol. The largest absolute Gasteiger partial charge is 0.383 e. The molecule has 0 bridgehead atoms. The Morgan fingerprint density at radius 3 is 2.56 bits per heavy atom. The molecule has 0 unspecified atom stereocenters. The molecular formula is C13H14N4O. The predicted octanol–water partition coefficient (Wildman–Crippen LogP) is 0.981. The molecule has 2 aromatic rings. The molecule has 5 nitrogen and oxygen atoms in total. The van der Waals surface area contributed by atoms with E-state index in [4.69, 9.17) is 11.5 Å². The summed E-state index contributed by atoms with van der Waals surface area (Å²) in [5.41, 5.74) is 13.5. The van der Waals surface area contributed by atoms with Crippen molar-refractivity contribution < 1.29 is 0 Å². The summed E-state index contributed by atoms with van der Waals surface area (Å²) in [4.78, 5) is 17.0. The molecule has 0 aliphatic heterocycles. The van der Waals surface area contributed by atoms with Crippen molar-refractivity contribution in [1.82, 2.24) is 9.97 Å². The average Bonchev–Trinajstić information content (AvgIpc) is 2.38. The van der Waals surface area contributed by atoms with Crippen LogP contribution in [0.5, 0.6) is 0 Å². The molecule has 5 N–H and O–H groups in total. The van der Waals surface area contributed by atoms with E-state index in [1.54, 1.807) is 6.08 Å². The topological polar surface area (TPSA) is 97.8 Å². The minimum absolute atomic E-state index is 0.216. The summed E-state index contributed by atoms with van der Waals surface area (Å²) >= 11 is 0. The van der Waals surface area contributed by atoms with E-state index in [2.05, 4.69) is 9.97 Å². The first-order valence-corrected chi connectivity index (χ1v) is 5.51. The van der Waals surface area contributed by atoms with Crippen molar-refractivity contribution in [3.63, 3.8) is 0 Å². The van der Waals surface area contributed by atoms with E-state index < -0.39 is 5.69 Å². The Labute approximate surface area is 104 Å². The van der Waals surface area contributed by atoms with Gasteiger partial charge in [-0.05, 0) is 17.2 Å². The molecule has 18 heavy (non-hydrogen) atoms. The first kappa shape index (κ1) is 12.1.